The third-order valence-electron chi connectivity index (χ3n) is 2.95. The molecule has 1 amide bonds. The molecule has 0 atom stereocenters. The van der Waals surface area contributed by atoms with Gasteiger partial charge in [0.05, 0.1) is 5.60 Å². The third-order valence-corrected chi connectivity index (χ3v) is 2.95. The molecule has 0 aromatic rings. The maximum Gasteiger partial charge on any atom is 0.223 e. The van der Waals surface area contributed by atoms with Crippen LogP contribution in [0, 0.1) is 5.92 Å². The second-order valence-corrected chi connectivity index (χ2v) is 4.71. The molecule has 1 rings (SSSR count). The molecule has 0 spiro atoms. The van der Waals surface area contributed by atoms with Gasteiger partial charge in [-0.3, -0.25) is 4.79 Å². The number of ether oxygens (including phenoxy) is 1. The van der Waals surface area contributed by atoms with E-state index in [2.05, 4.69) is 10.6 Å². The quantitative estimate of drug-likeness (QED) is 0.717. The zero-order valence-electron chi connectivity index (χ0n) is 9.93. The van der Waals surface area contributed by atoms with Gasteiger partial charge in [-0.05, 0) is 39.8 Å². The molecule has 1 fully saturated rings. The molecule has 1 aliphatic heterocycles. The molecule has 0 aromatic heterocycles. The fourth-order valence-corrected chi connectivity index (χ4v) is 1.60. The van der Waals surface area contributed by atoms with Crippen LogP contribution in [0.4, 0.5) is 0 Å². The number of rotatable bonds is 4. The second-order valence-electron chi connectivity index (χ2n) is 4.71. The molecule has 1 heterocycles. The monoisotopic (exact) mass is 214 g/mol. The van der Waals surface area contributed by atoms with Crippen molar-refractivity contribution < 1.29 is 9.53 Å². The largest absolute Gasteiger partial charge is 0.377 e. The Kier molecular flexibility index (Phi) is 4.54. The Bertz CT molecular complexity index is 211. The van der Waals surface area contributed by atoms with Crippen molar-refractivity contribution in [2.45, 2.75) is 32.3 Å². The van der Waals surface area contributed by atoms with E-state index in [4.69, 9.17) is 4.74 Å². The van der Waals surface area contributed by atoms with Crippen molar-refractivity contribution in [2.24, 2.45) is 5.92 Å². The summed E-state index contributed by atoms with van der Waals surface area (Å²) in [6.45, 7) is 6.41. The predicted octanol–water partition coefficient (Wildman–Crippen LogP) is 0.527. The predicted molar refractivity (Wildman–Crippen MR) is 59.7 cm³/mol. The van der Waals surface area contributed by atoms with Gasteiger partial charge in [0, 0.05) is 19.6 Å². The Balaban J connectivity index is 2.28. The first-order valence-corrected chi connectivity index (χ1v) is 5.59. The van der Waals surface area contributed by atoms with Crippen LogP contribution in [0.15, 0.2) is 0 Å². The first-order valence-electron chi connectivity index (χ1n) is 5.59. The number of nitrogens with one attached hydrogen (secondary N) is 2. The summed E-state index contributed by atoms with van der Waals surface area (Å²) < 4.78 is 5.25. The maximum absolute atomic E-state index is 11.8. The Morgan fingerprint density at radius 2 is 2.07 bits per heavy atom. The highest BCUT2D eigenvalue weighted by Crippen LogP contribution is 2.12. The van der Waals surface area contributed by atoms with E-state index in [1.54, 1.807) is 7.11 Å². The summed E-state index contributed by atoms with van der Waals surface area (Å²) >= 11 is 0. The van der Waals surface area contributed by atoms with Crippen molar-refractivity contribution in [2.75, 3.05) is 26.7 Å². The molecule has 0 aromatic carbocycles. The van der Waals surface area contributed by atoms with Crippen LogP contribution in [0.2, 0.25) is 0 Å². The van der Waals surface area contributed by atoms with Crippen molar-refractivity contribution in [3.63, 3.8) is 0 Å². The number of piperidine rings is 1. The summed E-state index contributed by atoms with van der Waals surface area (Å²) in [4.78, 5) is 11.8. The number of amides is 1. The summed E-state index contributed by atoms with van der Waals surface area (Å²) in [7, 11) is 1.66. The lowest BCUT2D eigenvalue weighted by atomic mass is 9.97. The number of hydrogen-bond donors (Lipinski definition) is 2. The first-order chi connectivity index (χ1) is 7.05. The fourth-order valence-electron chi connectivity index (χ4n) is 1.60. The van der Waals surface area contributed by atoms with Gasteiger partial charge in [0.1, 0.15) is 0 Å². The highest BCUT2D eigenvalue weighted by atomic mass is 16.5. The van der Waals surface area contributed by atoms with E-state index in [9.17, 15) is 4.79 Å². The fraction of sp³-hybridized carbons (Fsp3) is 0.909. The van der Waals surface area contributed by atoms with Crippen LogP contribution in [0.25, 0.3) is 0 Å². The molecule has 0 radical (unpaired) electrons. The molecule has 0 aliphatic carbocycles. The summed E-state index contributed by atoms with van der Waals surface area (Å²) in [5, 5.41) is 6.20. The SMILES string of the molecule is COC(C)(C)CNC(=O)C1CCNCC1. The molecule has 0 bridgehead atoms. The Labute approximate surface area is 91.8 Å². The van der Waals surface area contributed by atoms with Gasteiger partial charge in [-0.1, -0.05) is 0 Å². The van der Waals surface area contributed by atoms with Gasteiger partial charge in [0.15, 0.2) is 0 Å². The van der Waals surface area contributed by atoms with Crippen LogP contribution >= 0.6 is 0 Å². The molecule has 0 unspecified atom stereocenters. The lowest BCUT2D eigenvalue weighted by molar-refractivity contribution is -0.127. The second kappa shape index (κ2) is 5.47. The van der Waals surface area contributed by atoms with E-state index in [-0.39, 0.29) is 17.4 Å². The van der Waals surface area contributed by atoms with E-state index in [0.717, 1.165) is 25.9 Å². The Morgan fingerprint density at radius 1 is 1.47 bits per heavy atom. The van der Waals surface area contributed by atoms with Crippen LogP contribution in [0.1, 0.15) is 26.7 Å². The van der Waals surface area contributed by atoms with Gasteiger partial charge in [0.25, 0.3) is 0 Å². The average Bonchev–Trinajstić information content (AvgIpc) is 2.27. The molecule has 1 aliphatic rings. The summed E-state index contributed by atoms with van der Waals surface area (Å²) in [5.74, 6) is 0.348. The third kappa shape index (κ3) is 4.18. The molecule has 4 heteroatoms. The van der Waals surface area contributed by atoms with Gasteiger partial charge < -0.3 is 15.4 Å². The first kappa shape index (κ1) is 12.5. The van der Waals surface area contributed by atoms with Gasteiger partial charge in [-0.15, -0.1) is 0 Å². The van der Waals surface area contributed by atoms with Crippen LogP contribution in [0.3, 0.4) is 0 Å². The average molecular weight is 214 g/mol. The molecular formula is C11H22N2O2. The zero-order chi connectivity index (χ0) is 11.3. The minimum absolute atomic E-state index is 0.168. The van der Waals surface area contributed by atoms with Crippen molar-refractivity contribution in [1.29, 1.82) is 0 Å². The highest BCUT2D eigenvalue weighted by molar-refractivity contribution is 5.78. The lowest BCUT2D eigenvalue weighted by Gasteiger charge is -2.26. The van der Waals surface area contributed by atoms with Crippen LogP contribution in [-0.4, -0.2) is 38.3 Å². The summed E-state index contributed by atoms with van der Waals surface area (Å²) in [6, 6.07) is 0. The van der Waals surface area contributed by atoms with Crippen molar-refractivity contribution >= 4 is 5.91 Å². The molecule has 1 saturated heterocycles. The normalized spacial score (nSPS) is 18.9. The highest BCUT2D eigenvalue weighted by Gasteiger charge is 2.23. The number of carbonyl (C=O) groups excluding carboxylic acids is 1. The minimum Gasteiger partial charge on any atom is -0.377 e. The van der Waals surface area contributed by atoms with Crippen LogP contribution < -0.4 is 10.6 Å². The zero-order valence-corrected chi connectivity index (χ0v) is 9.93. The van der Waals surface area contributed by atoms with Gasteiger partial charge in [0.2, 0.25) is 5.91 Å². The van der Waals surface area contributed by atoms with Crippen molar-refractivity contribution in [3.05, 3.63) is 0 Å². The molecule has 15 heavy (non-hydrogen) atoms. The smallest absolute Gasteiger partial charge is 0.223 e. The van der Waals surface area contributed by atoms with E-state index in [1.807, 2.05) is 13.8 Å². The molecule has 2 N–H and O–H groups in total. The molecule has 4 nitrogen and oxygen atoms in total. The van der Waals surface area contributed by atoms with E-state index >= 15 is 0 Å². The van der Waals surface area contributed by atoms with Crippen LogP contribution in [0.5, 0.6) is 0 Å². The number of carbonyl (C=O) groups is 1. The van der Waals surface area contributed by atoms with E-state index in [1.165, 1.54) is 0 Å². The van der Waals surface area contributed by atoms with Gasteiger partial charge >= 0.3 is 0 Å². The summed E-state index contributed by atoms with van der Waals surface area (Å²) in [5.41, 5.74) is -0.275. The maximum atomic E-state index is 11.8. The lowest BCUT2D eigenvalue weighted by Crippen LogP contribution is -2.44. The van der Waals surface area contributed by atoms with E-state index in [0.29, 0.717) is 6.54 Å². The van der Waals surface area contributed by atoms with Crippen molar-refractivity contribution in [1.82, 2.24) is 10.6 Å². The van der Waals surface area contributed by atoms with E-state index < -0.39 is 0 Å². The minimum atomic E-state index is -0.275. The van der Waals surface area contributed by atoms with Gasteiger partial charge in [-0.2, -0.15) is 0 Å². The standard InChI is InChI=1S/C11H22N2O2/c1-11(2,15-3)8-13-10(14)9-4-6-12-7-5-9/h9,12H,4-8H2,1-3H3,(H,13,14). The molecular weight excluding hydrogens is 192 g/mol. The molecule has 88 valence electrons. The summed E-state index contributed by atoms with van der Waals surface area (Å²) in [6.07, 6.45) is 1.89. The Hall–Kier alpha value is -0.610. The Morgan fingerprint density at radius 3 is 2.60 bits per heavy atom. The van der Waals surface area contributed by atoms with Crippen molar-refractivity contribution in [3.8, 4) is 0 Å². The number of hydrogen-bond acceptors (Lipinski definition) is 3. The van der Waals surface area contributed by atoms with Gasteiger partial charge in [-0.25, -0.2) is 0 Å². The topological polar surface area (TPSA) is 50.4 Å². The molecule has 0 saturated carbocycles. The van der Waals surface area contributed by atoms with Crippen LogP contribution in [-0.2, 0) is 9.53 Å². The number of methoxy groups -OCH3 is 1.